The molecule has 5 nitrogen and oxygen atoms in total. The number of hydrogen-bond donors (Lipinski definition) is 0. The molecule has 3 fully saturated rings. The van der Waals surface area contributed by atoms with Gasteiger partial charge in [0.15, 0.2) is 0 Å². The fraction of sp³-hybridized carbons (Fsp3) is 0.700. The van der Waals surface area contributed by atoms with Crippen LogP contribution in [0.25, 0.3) is 0 Å². The van der Waals surface area contributed by atoms with Gasteiger partial charge in [-0.3, -0.25) is 9.59 Å². The molecule has 26 heavy (non-hydrogen) atoms. The minimum absolute atomic E-state index is 0.0832. The van der Waals surface area contributed by atoms with Gasteiger partial charge in [0, 0.05) is 51.0 Å². The molecule has 0 aromatic carbocycles. The highest BCUT2D eigenvalue weighted by Crippen LogP contribution is 2.41. The lowest BCUT2D eigenvalue weighted by molar-refractivity contribution is -0.133. The van der Waals surface area contributed by atoms with E-state index in [9.17, 15) is 9.59 Å². The highest BCUT2D eigenvalue weighted by Gasteiger charge is 2.45. The van der Waals surface area contributed by atoms with Crippen molar-refractivity contribution < 1.29 is 14.3 Å². The van der Waals surface area contributed by atoms with E-state index in [2.05, 4.69) is 16.8 Å². The SMILES string of the molecule is O=C(CCc1ccsc1)N1CCC2(CC1)CC(=O)N(C[C@@H]1CCCO1)C2. The Labute approximate surface area is 159 Å². The summed E-state index contributed by atoms with van der Waals surface area (Å²) in [6.45, 7) is 4.03. The molecule has 4 heterocycles. The third kappa shape index (κ3) is 3.96. The number of carbonyl (C=O) groups excluding carboxylic acids is 2. The lowest BCUT2D eigenvalue weighted by Gasteiger charge is -2.39. The minimum atomic E-state index is 0.0832. The molecule has 3 saturated heterocycles. The van der Waals surface area contributed by atoms with E-state index in [4.69, 9.17) is 4.74 Å². The zero-order valence-corrected chi connectivity index (χ0v) is 16.1. The Hall–Kier alpha value is -1.40. The van der Waals surface area contributed by atoms with Crippen molar-refractivity contribution in [3.05, 3.63) is 22.4 Å². The summed E-state index contributed by atoms with van der Waals surface area (Å²) >= 11 is 1.68. The van der Waals surface area contributed by atoms with Crippen LogP contribution < -0.4 is 0 Å². The molecule has 3 aliphatic heterocycles. The first-order valence-corrected chi connectivity index (χ1v) is 10.8. The number of nitrogens with zero attached hydrogens (tertiary/aromatic N) is 2. The molecule has 0 bridgehead atoms. The van der Waals surface area contributed by atoms with E-state index in [0.29, 0.717) is 12.8 Å². The molecule has 0 N–H and O–H groups in total. The van der Waals surface area contributed by atoms with E-state index in [1.807, 2.05) is 9.80 Å². The Balaban J connectivity index is 1.26. The lowest BCUT2D eigenvalue weighted by atomic mass is 9.77. The summed E-state index contributed by atoms with van der Waals surface area (Å²) in [4.78, 5) is 29.0. The number of piperidine rings is 1. The minimum Gasteiger partial charge on any atom is -0.376 e. The molecule has 4 rings (SSSR count). The molecule has 0 unspecified atom stereocenters. The van der Waals surface area contributed by atoms with Gasteiger partial charge < -0.3 is 14.5 Å². The molecule has 0 radical (unpaired) electrons. The first-order chi connectivity index (χ1) is 12.6. The molecule has 1 atom stereocenters. The van der Waals surface area contributed by atoms with Gasteiger partial charge in [0.2, 0.25) is 11.8 Å². The van der Waals surface area contributed by atoms with Gasteiger partial charge in [-0.2, -0.15) is 11.3 Å². The van der Waals surface area contributed by atoms with Crippen LogP contribution >= 0.6 is 11.3 Å². The molecule has 1 spiro atoms. The van der Waals surface area contributed by atoms with Crippen LogP contribution in [-0.4, -0.2) is 60.5 Å². The van der Waals surface area contributed by atoms with Gasteiger partial charge >= 0.3 is 0 Å². The summed E-state index contributed by atoms with van der Waals surface area (Å²) in [6, 6.07) is 2.09. The Morgan fingerprint density at radius 3 is 2.88 bits per heavy atom. The Bertz CT molecular complexity index is 631. The summed E-state index contributed by atoms with van der Waals surface area (Å²) in [5, 5.41) is 4.18. The van der Waals surface area contributed by atoms with Crippen molar-refractivity contribution in [3.8, 4) is 0 Å². The number of ether oxygens (including phenoxy) is 1. The largest absolute Gasteiger partial charge is 0.376 e. The zero-order valence-electron chi connectivity index (χ0n) is 15.3. The van der Waals surface area contributed by atoms with E-state index in [1.165, 1.54) is 5.56 Å². The molecule has 3 aliphatic rings. The molecular weight excluding hydrogens is 348 g/mol. The highest BCUT2D eigenvalue weighted by molar-refractivity contribution is 7.07. The zero-order chi connectivity index (χ0) is 18.0. The number of likely N-dealkylation sites (tertiary alicyclic amines) is 2. The van der Waals surface area contributed by atoms with E-state index in [0.717, 1.165) is 64.9 Å². The van der Waals surface area contributed by atoms with Crippen LogP contribution in [0.3, 0.4) is 0 Å². The number of hydrogen-bond acceptors (Lipinski definition) is 4. The second-order valence-electron chi connectivity index (χ2n) is 8.10. The van der Waals surface area contributed by atoms with Gasteiger partial charge in [-0.1, -0.05) is 0 Å². The lowest BCUT2D eigenvalue weighted by Crippen LogP contribution is -2.44. The Kier molecular flexibility index (Phi) is 5.32. The number of carbonyl (C=O) groups is 2. The molecule has 2 amide bonds. The van der Waals surface area contributed by atoms with Crippen LogP contribution in [0.2, 0.25) is 0 Å². The molecule has 6 heteroatoms. The number of aryl methyl sites for hydroxylation is 1. The van der Waals surface area contributed by atoms with Crippen LogP contribution in [-0.2, 0) is 20.7 Å². The molecular formula is C20H28N2O3S. The van der Waals surface area contributed by atoms with Crippen molar-refractivity contribution in [2.75, 3.05) is 32.8 Å². The first kappa shape index (κ1) is 18.0. The molecule has 0 saturated carbocycles. The van der Waals surface area contributed by atoms with Crippen molar-refractivity contribution in [1.82, 2.24) is 9.80 Å². The molecule has 0 aliphatic carbocycles. The maximum atomic E-state index is 12.5. The van der Waals surface area contributed by atoms with Gasteiger partial charge in [0.1, 0.15) is 0 Å². The van der Waals surface area contributed by atoms with Gasteiger partial charge in [0.05, 0.1) is 6.10 Å². The van der Waals surface area contributed by atoms with Crippen LogP contribution in [0.1, 0.15) is 44.1 Å². The average molecular weight is 377 g/mol. The second-order valence-corrected chi connectivity index (χ2v) is 8.88. The van der Waals surface area contributed by atoms with Gasteiger partial charge in [0.25, 0.3) is 0 Å². The van der Waals surface area contributed by atoms with Gasteiger partial charge in [-0.05, 0) is 54.5 Å². The number of rotatable bonds is 5. The molecule has 142 valence electrons. The normalized spacial score (nSPS) is 25.4. The second kappa shape index (κ2) is 7.69. The Morgan fingerprint density at radius 2 is 2.19 bits per heavy atom. The van der Waals surface area contributed by atoms with Crippen LogP contribution in [0.4, 0.5) is 0 Å². The van der Waals surface area contributed by atoms with Crippen LogP contribution in [0.15, 0.2) is 16.8 Å². The van der Waals surface area contributed by atoms with E-state index in [1.54, 1.807) is 11.3 Å². The van der Waals surface area contributed by atoms with E-state index in [-0.39, 0.29) is 23.3 Å². The van der Waals surface area contributed by atoms with E-state index < -0.39 is 0 Å². The van der Waals surface area contributed by atoms with Crippen molar-refractivity contribution in [3.63, 3.8) is 0 Å². The maximum absolute atomic E-state index is 12.5. The predicted molar refractivity (Wildman–Crippen MR) is 101 cm³/mol. The summed E-state index contributed by atoms with van der Waals surface area (Å²) in [7, 11) is 0. The topological polar surface area (TPSA) is 49.9 Å². The first-order valence-electron chi connectivity index (χ1n) is 9.82. The monoisotopic (exact) mass is 376 g/mol. The van der Waals surface area contributed by atoms with Crippen molar-refractivity contribution in [1.29, 1.82) is 0 Å². The third-order valence-corrected chi connectivity index (χ3v) is 6.97. The van der Waals surface area contributed by atoms with Crippen molar-refractivity contribution in [2.24, 2.45) is 5.41 Å². The fourth-order valence-corrected chi connectivity index (χ4v) is 5.29. The van der Waals surface area contributed by atoms with Crippen LogP contribution in [0, 0.1) is 5.41 Å². The van der Waals surface area contributed by atoms with Gasteiger partial charge in [-0.25, -0.2) is 0 Å². The highest BCUT2D eigenvalue weighted by atomic mass is 32.1. The Morgan fingerprint density at radius 1 is 1.35 bits per heavy atom. The smallest absolute Gasteiger partial charge is 0.223 e. The predicted octanol–water partition coefficient (Wildman–Crippen LogP) is 2.70. The van der Waals surface area contributed by atoms with Crippen LogP contribution in [0.5, 0.6) is 0 Å². The maximum Gasteiger partial charge on any atom is 0.223 e. The summed E-state index contributed by atoms with van der Waals surface area (Å²) in [5.41, 5.74) is 1.34. The van der Waals surface area contributed by atoms with Gasteiger partial charge in [-0.15, -0.1) is 0 Å². The summed E-state index contributed by atoms with van der Waals surface area (Å²) in [5.74, 6) is 0.532. The average Bonchev–Trinajstić information content (AvgIpc) is 3.37. The van der Waals surface area contributed by atoms with Crippen molar-refractivity contribution in [2.45, 2.75) is 51.0 Å². The van der Waals surface area contributed by atoms with Crippen molar-refractivity contribution >= 4 is 23.2 Å². The summed E-state index contributed by atoms with van der Waals surface area (Å²) < 4.78 is 5.70. The molecule has 1 aromatic rings. The van der Waals surface area contributed by atoms with E-state index >= 15 is 0 Å². The fourth-order valence-electron chi connectivity index (χ4n) is 4.59. The molecule has 1 aromatic heterocycles. The number of amides is 2. The standard InChI is InChI=1S/C20H28N2O3S/c23-18(4-3-16-5-11-26-14-16)21-8-6-20(7-9-21)12-19(24)22(15-20)13-17-2-1-10-25-17/h5,11,14,17H,1-4,6-10,12-13,15H2/t17-/m0/s1. The third-order valence-electron chi connectivity index (χ3n) is 6.24. The summed E-state index contributed by atoms with van der Waals surface area (Å²) in [6.07, 6.45) is 6.38. The quantitative estimate of drug-likeness (QED) is 0.794. The number of thiophene rings is 1.